The Morgan fingerprint density at radius 1 is 1.04 bits per heavy atom. The Kier molecular flexibility index (Phi) is 4.47. The molecule has 0 spiro atoms. The molecule has 2 aliphatic heterocycles. The van der Waals surface area contributed by atoms with Crippen molar-refractivity contribution < 1.29 is 19.1 Å². The van der Waals surface area contributed by atoms with Crippen molar-refractivity contribution in [3.05, 3.63) is 71.3 Å². The highest BCUT2D eigenvalue weighted by Gasteiger charge is 2.54. The van der Waals surface area contributed by atoms with Crippen LogP contribution in [0.15, 0.2) is 54.6 Å². The summed E-state index contributed by atoms with van der Waals surface area (Å²) in [5.74, 6) is -1.51. The SMILES string of the molecule is COC(=O)c1ccc([C@@H]2NN(Cc3ccccc3)[C@H]3C(=O)NC(=O)[C@H]23)cc1. The fourth-order valence-corrected chi connectivity index (χ4v) is 3.74. The first-order valence-electron chi connectivity index (χ1n) is 8.68. The number of esters is 1. The number of ether oxygens (including phenoxy) is 1. The normalized spacial score (nSPS) is 24.6. The van der Waals surface area contributed by atoms with Gasteiger partial charge < -0.3 is 4.74 Å². The second kappa shape index (κ2) is 6.94. The maximum atomic E-state index is 12.4. The summed E-state index contributed by atoms with van der Waals surface area (Å²) >= 11 is 0. The molecule has 2 aromatic rings. The number of hydrogen-bond donors (Lipinski definition) is 2. The molecule has 2 heterocycles. The number of benzene rings is 2. The highest BCUT2D eigenvalue weighted by atomic mass is 16.5. The maximum absolute atomic E-state index is 12.4. The number of fused-ring (bicyclic) bond motifs is 1. The van der Waals surface area contributed by atoms with Crippen molar-refractivity contribution >= 4 is 17.8 Å². The average molecular weight is 365 g/mol. The summed E-state index contributed by atoms with van der Waals surface area (Å²) in [7, 11) is 1.33. The molecule has 4 rings (SSSR count). The molecule has 0 aromatic heterocycles. The van der Waals surface area contributed by atoms with Gasteiger partial charge in [0, 0.05) is 6.54 Å². The summed E-state index contributed by atoms with van der Waals surface area (Å²) in [6.07, 6.45) is 0. The summed E-state index contributed by atoms with van der Waals surface area (Å²) in [6, 6.07) is 15.7. The third-order valence-electron chi connectivity index (χ3n) is 5.04. The maximum Gasteiger partial charge on any atom is 0.337 e. The van der Waals surface area contributed by atoms with Crippen LogP contribution >= 0.6 is 0 Å². The molecular formula is C20H19N3O4. The number of hydrogen-bond acceptors (Lipinski definition) is 6. The Morgan fingerprint density at radius 2 is 1.74 bits per heavy atom. The molecule has 7 heteroatoms. The van der Waals surface area contributed by atoms with Crippen LogP contribution in [0.1, 0.15) is 27.5 Å². The summed E-state index contributed by atoms with van der Waals surface area (Å²) in [5, 5.41) is 4.26. The van der Waals surface area contributed by atoms with E-state index >= 15 is 0 Å². The summed E-state index contributed by atoms with van der Waals surface area (Å²) in [5.41, 5.74) is 5.62. The summed E-state index contributed by atoms with van der Waals surface area (Å²) < 4.78 is 4.71. The number of hydrazine groups is 1. The first kappa shape index (κ1) is 17.4. The average Bonchev–Trinajstić information content (AvgIpc) is 3.21. The molecule has 27 heavy (non-hydrogen) atoms. The van der Waals surface area contributed by atoms with Crippen molar-refractivity contribution in [3.63, 3.8) is 0 Å². The van der Waals surface area contributed by atoms with E-state index in [0.717, 1.165) is 11.1 Å². The van der Waals surface area contributed by atoms with Gasteiger partial charge in [0.2, 0.25) is 11.8 Å². The van der Waals surface area contributed by atoms with E-state index in [2.05, 4.69) is 10.7 Å². The Labute approximate surface area is 156 Å². The van der Waals surface area contributed by atoms with E-state index < -0.39 is 17.9 Å². The number of rotatable bonds is 4. The van der Waals surface area contributed by atoms with Gasteiger partial charge in [-0.25, -0.2) is 15.2 Å². The lowest BCUT2D eigenvalue weighted by molar-refractivity contribution is -0.127. The molecule has 2 N–H and O–H groups in total. The lowest BCUT2D eigenvalue weighted by Crippen LogP contribution is -2.43. The van der Waals surface area contributed by atoms with E-state index in [9.17, 15) is 14.4 Å². The number of methoxy groups -OCH3 is 1. The Bertz CT molecular complexity index is 882. The third kappa shape index (κ3) is 3.11. The van der Waals surface area contributed by atoms with Crippen molar-refractivity contribution in [3.8, 4) is 0 Å². The lowest BCUT2D eigenvalue weighted by atomic mass is 9.90. The zero-order chi connectivity index (χ0) is 19.0. The minimum absolute atomic E-state index is 0.282. The quantitative estimate of drug-likeness (QED) is 0.625. The number of nitrogens with one attached hydrogen (secondary N) is 2. The molecule has 138 valence electrons. The highest BCUT2D eigenvalue weighted by Crippen LogP contribution is 2.37. The number of carbonyl (C=O) groups is 3. The van der Waals surface area contributed by atoms with Crippen molar-refractivity contribution in [1.29, 1.82) is 0 Å². The summed E-state index contributed by atoms with van der Waals surface area (Å²) in [6.45, 7) is 0.499. The van der Waals surface area contributed by atoms with Gasteiger partial charge in [-0.2, -0.15) is 0 Å². The molecule has 0 aliphatic carbocycles. The molecule has 2 fully saturated rings. The highest BCUT2D eigenvalue weighted by molar-refractivity contribution is 6.07. The van der Waals surface area contributed by atoms with Gasteiger partial charge >= 0.3 is 5.97 Å². The Hall–Kier alpha value is -3.03. The van der Waals surface area contributed by atoms with E-state index in [0.29, 0.717) is 12.1 Å². The number of imide groups is 1. The standard InChI is InChI=1S/C20H19N3O4/c1-27-20(26)14-9-7-13(8-10-14)16-15-17(19(25)21-18(15)24)23(22-16)11-12-5-3-2-4-6-12/h2-10,15-17,22H,11H2,1H3,(H,21,24,25)/t15-,16+,17-/m1/s1. The van der Waals surface area contributed by atoms with Gasteiger partial charge in [0.05, 0.1) is 24.6 Å². The largest absolute Gasteiger partial charge is 0.465 e. The second-order valence-electron chi connectivity index (χ2n) is 6.66. The number of carbonyl (C=O) groups excluding carboxylic acids is 3. The zero-order valence-corrected chi connectivity index (χ0v) is 14.7. The minimum atomic E-state index is -0.567. The van der Waals surface area contributed by atoms with Gasteiger partial charge in [0.25, 0.3) is 0 Å². The van der Waals surface area contributed by atoms with E-state index in [1.165, 1.54) is 7.11 Å². The molecule has 0 unspecified atom stereocenters. The van der Waals surface area contributed by atoms with Gasteiger partial charge in [-0.3, -0.25) is 14.9 Å². The fraction of sp³-hybridized carbons (Fsp3) is 0.250. The van der Waals surface area contributed by atoms with Crippen LogP contribution in [0.5, 0.6) is 0 Å². The van der Waals surface area contributed by atoms with E-state index in [4.69, 9.17) is 4.74 Å². The molecular weight excluding hydrogens is 346 g/mol. The van der Waals surface area contributed by atoms with Crippen LogP contribution in [0.2, 0.25) is 0 Å². The first-order valence-corrected chi connectivity index (χ1v) is 8.68. The Morgan fingerprint density at radius 3 is 2.41 bits per heavy atom. The van der Waals surface area contributed by atoms with Crippen LogP contribution in [0.4, 0.5) is 0 Å². The Balaban J connectivity index is 1.62. The number of nitrogens with zero attached hydrogens (tertiary/aromatic N) is 1. The predicted molar refractivity (Wildman–Crippen MR) is 96.1 cm³/mol. The van der Waals surface area contributed by atoms with Crippen LogP contribution in [0.3, 0.4) is 0 Å². The molecule has 0 bridgehead atoms. The van der Waals surface area contributed by atoms with Gasteiger partial charge in [0.1, 0.15) is 6.04 Å². The number of amides is 2. The van der Waals surface area contributed by atoms with Gasteiger partial charge in [-0.15, -0.1) is 0 Å². The molecule has 2 saturated heterocycles. The first-order chi connectivity index (χ1) is 13.1. The van der Waals surface area contributed by atoms with Crippen LogP contribution in [-0.2, 0) is 20.9 Å². The van der Waals surface area contributed by atoms with Gasteiger partial charge in [0.15, 0.2) is 0 Å². The molecule has 2 aliphatic rings. The molecule has 7 nitrogen and oxygen atoms in total. The smallest absolute Gasteiger partial charge is 0.337 e. The van der Waals surface area contributed by atoms with Crippen LogP contribution in [0.25, 0.3) is 0 Å². The van der Waals surface area contributed by atoms with Gasteiger partial charge in [-0.05, 0) is 23.3 Å². The zero-order valence-electron chi connectivity index (χ0n) is 14.7. The van der Waals surface area contributed by atoms with Crippen molar-refractivity contribution in [2.24, 2.45) is 5.92 Å². The van der Waals surface area contributed by atoms with Crippen molar-refractivity contribution in [1.82, 2.24) is 15.8 Å². The minimum Gasteiger partial charge on any atom is -0.465 e. The lowest BCUT2D eigenvalue weighted by Gasteiger charge is -2.22. The van der Waals surface area contributed by atoms with E-state index in [1.54, 1.807) is 24.3 Å². The van der Waals surface area contributed by atoms with Crippen LogP contribution in [-0.4, -0.2) is 35.9 Å². The predicted octanol–water partition coefficient (Wildman–Crippen LogP) is 1.18. The van der Waals surface area contributed by atoms with Gasteiger partial charge in [-0.1, -0.05) is 42.5 Å². The van der Waals surface area contributed by atoms with Crippen LogP contribution < -0.4 is 10.7 Å². The van der Waals surface area contributed by atoms with Crippen LogP contribution in [0, 0.1) is 5.92 Å². The topological polar surface area (TPSA) is 87.7 Å². The van der Waals surface area contributed by atoms with E-state index in [1.807, 2.05) is 35.3 Å². The molecule has 3 atom stereocenters. The monoisotopic (exact) mass is 365 g/mol. The molecule has 2 aromatic carbocycles. The third-order valence-corrected chi connectivity index (χ3v) is 5.04. The van der Waals surface area contributed by atoms with Crippen molar-refractivity contribution in [2.45, 2.75) is 18.6 Å². The molecule has 2 amide bonds. The molecule has 0 saturated carbocycles. The second-order valence-corrected chi connectivity index (χ2v) is 6.66. The fourth-order valence-electron chi connectivity index (χ4n) is 3.74. The van der Waals surface area contributed by atoms with E-state index in [-0.39, 0.29) is 17.9 Å². The molecule has 0 radical (unpaired) electrons. The summed E-state index contributed by atoms with van der Waals surface area (Å²) in [4.78, 5) is 36.4. The van der Waals surface area contributed by atoms with Crippen molar-refractivity contribution in [2.75, 3.05) is 7.11 Å².